The van der Waals surface area contributed by atoms with Gasteiger partial charge < -0.3 is 5.32 Å². The van der Waals surface area contributed by atoms with Crippen molar-refractivity contribution >= 4 is 15.6 Å². The molecule has 0 fully saturated rings. The van der Waals surface area contributed by atoms with Crippen molar-refractivity contribution < 1.29 is 9.00 Å². The Morgan fingerprint density at radius 1 is 1.42 bits per heavy atom. The standard InChI is InChI=1S/C7H16N2O2S/c1-7(2,8-3)6(10)9-12(4,5)11/h8H,1-5H3. The summed E-state index contributed by atoms with van der Waals surface area (Å²) in [6, 6.07) is 0. The molecule has 0 bridgehead atoms. The highest BCUT2D eigenvalue weighted by molar-refractivity contribution is 7.92. The Bertz CT molecular complexity index is 280. The minimum Gasteiger partial charge on any atom is -0.307 e. The largest absolute Gasteiger partial charge is 0.307 e. The van der Waals surface area contributed by atoms with Crippen LogP contribution in [-0.2, 0) is 14.5 Å². The molecule has 0 saturated heterocycles. The van der Waals surface area contributed by atoms with Crippen LogP contribution in [0.15, 0.2) is 4.36 Å². The van der Waals surface area contributed by atoms with E-state index in [1.165, 1.54) is 12.5 Å². The van der Waals surface area contributed by atoms with E-state index in [1.54, 1.807) is 20.9 Å². The van der Waals surface area contributed by atoms with Crippen molar-refractivity contribution in [3.8, 4) is 0 Å². The number of nitrogens with zero attached hydrogens (tertiary/aromatic N) is 1. The van der Waals surface area contributed by atoms with Gasteiger partial charge in [0, 0.05) is 22.2 Å². The van der Waals surface area contributed by atoms with Crippen LogP contribution in [0.5, 0.6) is 0 Å². The van der Waals surface area contributed by atoms with Gasteiger partial charge in [-0.1, -0.05) is 0 Å². The fourth-order valence-corrected chi connectivity index (χ4v) is 1.05. The van der Waals surface area contributed by atoms with Gasteiger partial charge in [-0.2, -0.15) is 4.36 Å². The second kappa shape index (κ2) is 3.53. The van der Waals surface area contributed by atoms with Crippen LogP contribution >= 0.6 is 0 Å². The lowest BCUT2D eigenvalue weighted by atomic mass is 10.1. The van der Waals surface area contributed by atoms with E-state index in [1.807, 2.05) is 0 Å². The Morgan fingerprint density at radius 2 is 1.83 bits per heavy atom. The first-order chi connectivity index (χ1) is 5.19. The molecule has 0 saturated carbocycles. The van der Waals surface area contributed by atoms with Crippen molar-refractivity contribution in [2.45, 2.75) is 19.4 Å². The average Bonchev–Trinajstić information content (AvgIpc) is 1.84. The van der Waals surface area contributed by atoms with Crippen LogP contribution in [0, 0.1) is 0 Å². The highest BCUT2D eigenvalue weighted by Gasteiger charge is 2.25. The molecule has 0 atom stereocenters. The van der Waals surface area contributed by atoms with E-state index in [9.17, 15) is 9.00 Å². The second-order valence-corrected chi connectivity index (χ2v) is 6.00. The molecule has 4 nitrogen and oxygen atoms in total. The van der Waals surface area contributed by atoms with Gasteiger partial charge in [0.05, 0.1) is 5.54 Å². The lowest BCUT2D eigenvalue weighted by molar-refractivity contribution is -0.122. The fraction of sp³-hybridized carbons (Fsp3) is 0.857. The Morgan fingerprint density at radius 3 is 2.08 bits per heavy atom. The van der Waals surface area contributed by atoms with Crippen molar-refractivity contribution in [3.63, 3.8) is 0 Å². The van der Waals surface area contributed by atoms with Crippen LogP contribution in [0.2, 0.25) is 0 Å². The molecule has 0 aromatic heterocycles. The van der Waals surface area contributed by atoms with Crippen molar-refractivity contribution in [1.82, 2.24) is 5.32 Å². The van der Waals surface area contributed by atoms with Gasteiger partial charge >= 0.3 is 0 Å². The third kappa shape index (κ3) is 3.82. The molecule has 0 unspecified atom stereocenters. The summed E-state index contributed by atoms with van der Waals surface area (Å²) in [4.78, 5) is 11.3. The SMILES string of the molecule is CNC(C)(C)C(=O)N=S(C)(C)=O. The van der Waals surface area contributed by atoms with E-state index in [2.05, 4.69) is 9.68 Å². The van der Waals surface area contributed by atoms with E-state index >= 15 is 0 Å². The van der Waals surface area contributed by atoms with Gasteiger partial charge in [0.25, 0.3) is 5.91 Å². The molecule has 1 amide bonds. The summed E-state index contributed by atoms with van der Waals surface area (Å²) in [6.45, 7) is 3.40. The topological polar surface area (TPSA) is 58.5 Å². The molecular formula is C7H16N2O2S. The predicted octanol–water partition coefficient (Wildman–Crippen LogP) is 0.239. The van der Waals surface area contributed by atoms with Crippen molar-refractivity contribution in [2.24, 2.45) is 4.36 Å². The zero-order chi connectivity index (χ0) is 9.99. The molecule has 0 aliphatic carbocycles. The van der Waals surface area contributed by atoms with Gasteiger partial charge in [-0.15, -0.1) is 0 Å². The monoisotopic (exact) mass is 192 g/mol. The van der Waals surface area contributed by atoms with Gasteiger partial charge in [0.15, 0.2) is 0 Å². The normalized spacial score (nSPS) is 12.8. The highest BCUT2D eigenvalue weighted by Crippen LogP contribution is 2.04. The van der Waals surface area contributed by atoms with Gasteiger partial charge in [0.1, 0.15) is 0 Å². The van der Waals surface area contributed by atoms with Crippen molar-refractivity contribution in [2.75, 3.05) is 19.6 Å². The molecule has 0 aromatic rings. The maximum absolute atomic E-state index is 11.3. The average molecular weight is 192 g/mol. The van der Waals surface area contributed by atoms with E-state index in [4.69, 9.17) is 0 Å². The number of amides is 1. The molecular weight excluding hydrogens is 176 g/mol. The fourth-order valence-electron chi connectivity index (χ4n) is 0.421. The summed E-state index contributed by atoms with van der Waals surface area (Å²) in [5.74, 6) is -0.375. The minimum absolute atomic E-state index is 0.375. The summed E-state index contributed by atoms with van der Waals surface area (Å²) in [7, 11) is -0.664. The van der Waals surface area contributed by atoms with Gasteiger partial charge in [-0.3, -0.25) is 4.79 Å². The third-order valence-corrected chi connectivity index (χ3v) is 2.07. The van der Waals surface area contributed by atoms with Gasteiger partial charge in [-0.05, 0) is 20.9 Å². The molecule has 5 heteroatoms. The molecule has 0 heterocycles. The summed E-state index contributed by atoms with van der Waals surface area (Å²) in [5.41, 5.74) is -0.728. The number of rotatable bonds is 2. The molecule has 72 valence electrons. The summed E-state index contributed by atoms with van der Waals surface area (Å²) >= 11 is 0. The van der Waals surface area contributed by atoms with Crippen LogP contribution in [0.25, 0.3) is 0 Å². The number of likely N-dealkylation sites (N-methyl/N-ethyl adjacent to an activating group) is 1. The first kappa shape index (κ1) is 11.6. The van der Waals surface area contributed by atoms with E-state index in [0.717, 1.165) is 0 Å². The van der Waals surface area contributed by atoms with Crippen LogP contribution in [0.1, 0.15) is 13.8 Å². The molecule has 0 spiro atoms. The van der Waals surface area contributed by atoms with Crippen LogP contribution < -0.4 is 5.32 Å². The highest BCUT2D eigenvalue weighted by atomic mass is 32.2. The van der Waals surface area contributed by atoms with Gasteiger partial charge in [0.2, 0.25) is 0 Å². The number of carbonyl (C=O) groups is 1. The predicted molar refractivity (Wildman–Crippen MR) is 50.6 cm³/mol. The van der Waals surface area contributed by atoms with Gasteiger partial charge in [-0.25, -0.2) is 4.21 Å². The second-order valence-electron chi connectivity index (χ2n) is 3.45. The smallest absolute Gasteiger partial charge is 0.273 e. The minimum atomic E-state index is -2.33. The number of hydrogen-bond donors (Lipinski definition) is 1. The molecule has 0 aromatic carbocycles. The summed E-state index contributed by atoms with van der Waals surface area (Å²) in [5, 5.41) is 2.79. The Hall–Kier alpha value is -0.420. The molecule has 0 aliphatic rings. The first-order valence-corrected chi connectivity index (χ1v) is 5.92. The quantitative estimate of drug-likeness (QED) is 0.681. The van der Waals surface area contributed by atoms with Crippen LogP contribution in [-0.4, -0.2) is 35.2 Å². The van der Waals surface area contributed by atoms with Crippen LogP contribution in [0.3, 0.4) is 0 Å². The van der Waals surface area contributed by atoms with E-state index < -0.39 is 15.3 Å². The molecule has 0 radical (unpaired) electrons. The van der Waals surface area contributed by atoms with Crippen molar-refractivity contribution in [3.05, 3.63) is 0 Å². The van der Waals surface area contributed by atoms with Crippen molar-refractivity contribution in [1.29, 1.82) is 0 Å². The first-order valence-electron chi connectivity index (χ1n) is 3.59. The lowest BCUT2D eigenvalue weighted by Gasteiger charge is -2.18. The van der Waals surface area contributed by atoms with E-state index in [-0.39, 0.29) is 5.91 Å². The number of carbonyl (C=O) groups excluding carboxylic acids is 1. The molecule has 12 heavy (non-hydrogen) atoms. The lowest BCUT2D eigenvalue weighted by Crippen LogP contribution is -2.43. The maximum Gasteiger partial charge on any atom is 0.273 e. The Balaban J connectivity index is 4.78. The molecule has 1 N–H and O–H groups in total. The number of nitrogens with one attached hydrogen (secondary N) is 1. The summed E-state index contributed by atoms with van der Waals surface area (Å²) < 4.78 is 14.7. The zero-order valence-electron chi connectivity index (χ0n) is 8.17. The number of hydrogen-bond acceptors (Lipinski definition) is 3. The Labute approximate surface area is 73.9 Å². The third-order valence-electron chi connectivity index (χ3n) is 1.46. The van der Waals surface area contributed by atoms with Crippen LogP contribution in [0.4, 0.5) is 0 Å². The van der Waals surface area contributed by atoms with E-state index in [0.29, 0.717) is 0 Å². The zero-order valence-corrected chi connectivity index (χ0v) is 8.99. The molecule has 0 rings (SSSR count). The molecule has 0 aliphatic heterocycles. The maximum atomic E-state index is 11.3. The summed E-state index contributed by atoms with van der Waals surface area (Å²) in [6.07, 6.45) is 2.88. The Kier molecular flexibility index (Phi) is 3.41.